The van der Waals surface area contributed by atoms with Gasteiger partial charge in [-0.2, -0.15) is 0 Å². The van der Waals surface area contributed by atoms with Gasteiger partial charge in [-0.15, -0.1) is 0 Å². The standard InChI is InChI=1S/C19H32N2/c1-3-14-21(19(16-20)12-6-5-7-13-19)15-18-10-8-17(4-2)9-11-18/h8-11H,3-7,12-16,20H2,1-2H3. The Bertz CT molecular complexity index is 404. The minimum Gasteiger partial charge on any atom is -0.329 e. The van der Waals surface area contributed by atoms with Crippen molar-refractivity contribution in [1.82, 2.24) is 4.90 Å². The van der Waals surface area contributed by atoms with Gasteiger partial charge in [-0.25, -0.2) is 0 Å². The molecule has 0 spiro atoms. The van der Waals surface area contributed by atoms with E-state index in [-0.39, 0.29) is 5.54 Å². The van der Waals surface area contributed by atoms with Crippen molar-refractivity contribution in [1.29, 1.82) is 0 Å². The van der Waals surface area contributed by atoms with Crippen molar-refractivity contribution in [2.75, 3.05) is 13.1 Å². The molecule has 0 heterocycles. The number of hydrogen-bond donors (Lipinski definition) is 1. The second kappa shape index (κ2) is 7.95. The SMILES string of the molecule is CCCN(Cc1ccc(CC)cc1)C1(CN)CCCCC1. The Morgan fingerprint density at radius 2 is 1.62 bits per heavy atom. The van der Waals surface area contributed by atoms with Crippen molar-refractivity contribution in [3.63, 3.8) is 0 Å². The molecule has 1 aromatic carbocycles. The smallest absolute Gasteiger partial charge is 0.0335 e. The van der Waals surface area contributed by atoms with Crippen LogP contribution in [0, 0.1) is 0 Å². The molecule has 21 heavy (non-hydrogen) atoms. The maximum Gasteiger partial charge on any atom is 0.0335 e. The Balaban J connectivity index is 2.12. The maximum atomic E-state index is 6.23. The van der Waals surface area contributed by atoms with Crippen molar-refractivity contribution in [2.45, 2.75) is 70.9 Å². The molecule has 0 amide bonds. The Labute approximate surface area is 130 Å². The lowest BCUT2D eigenvalue weighted by molar-refractivity contribution is 0.0495. The van der Waals surface area contributed by atoms with Gasteiger partial charge < -0.3 is 5.73 Å². The van der Waals surface area contributed by atoms with Gasteiger partial charge in [0.05, 0.1) is 0 Å². The van der Waals surface area contributed by atoms with E-state index in [0.717, 1.165) is 26.1 Å². The van der Waals surface area contributed by atoms with Crippen LogP contribution in [0.4, 0.5) is 0 Å². The molecule has 1 aliphatic rings. The van der Waals surface area contributed by atoms with Gasteiger partial charge >= 0.3 is 0 Å². The first-order chi connectivity index (χ1) is 10.2. The normalized spacial score (nSPS) is 18.1. The number of benzene rings is 1. The summed E-state index contributed by atoms with van der Waals surface area (Å²) in [6, 6.07) is 9.15. The predicted octanol–water partition coefficient (Wildman–Crippen LogP) is 4.12. The molecule has 0 bridgehead atoms. The molecular formula is C19H32N2. The van der Waals surface area contributed by atoms with E-state index >= 15 is 0 Å². The number of aryl methyl sites for hydroxylation is 1. The largest absolute Gasteiger partial charge is 0.329 e. The van der Waals surface area contributed by atoms with E-state index in [0.29, 0.717) is 0 Å². The molecule has 2 N–H and O–H groups in total. The quantitative estimate of drug-likeness (QED) is 0.817. The molecule has 1 aliphatic carbocycles. The van der Waals surface area contributed by atoms with Crippen LogP contribution in [-0.2, 0) is 13.0 Å². The van der Waals surface area contributed by atoms with E-state index in [1.54, 1.807) is 0 Å². The summed E-state index contributed by atoms with van der Waals surface area (Å²) in [6.07, 6.45) is 8.93. The highest BCUT2D eigenvalue weighted by molar-refractivity contribution is 5.22. The monoisotopic (exact) mass is 288 g/mol. The van der Waals surface area contributed by atoms with Crippen LogP contribution in [0.5, 0.6) is 0 Å². The summed E-state index contributed by atoms with van der Waals surface area (Å²) < 4.78 is 0. The summed E-state index contributed by atoms with van der Waals surface area (Å²) in [5.74, 6) is 0. The molecule has 1 saturated carbocycles. The molecule has 0 aromatic heterocycles. The lowest BCUT2D eigenvalue weighted by atomic mass is 9.80. The summed E-state index contributed by atoms with van der Waals surface area (Å²) >= 11 is 0. The van der Waals surface area contributed by atoms with Crippen LogP contribution < -0.4 is 5.73 Å². The third-order valence-electron chi connectivity index (χ3n) is 5.13. The van der Waals surface area contributed by atoms with E-state index in [4.69, 9.17) is 5.73 Å². The van der Waals surface area contributed by atoms with Gasteiger partial charge in [-0.05, 0) is 43.4 Å². The van der Waals surface area contributed by atoms with Gasteiger partial charge in [-0.3, -0.25) is 4.90 Å². The van der Waals surface area contributed by atoms with Crippen molar-refractivity contribution in [2.24, 2.45) is 5.73 Å². The highest BCUT2D eigenvalue weighted by atomic mass is 15.2. The highest BCUT2D eigenvalue weighted by Gasteiger charge is 2.36. The van der Waals surface area contributed by atoms with Crippen molar-refractivity contribution in [3.8, 4) is 0 Å². The summed E-state index contributed by atoms with van der Waals surface area (Å²) in [6.45, 7) is 7.51. The van der Waals surface area contributed by atoms with Gasteiger partial charge in [0.1, 0.15) is 0 Å². The van der Waals surface area contributed by atoms with Gasteiger partial charge in [-0.1, -0.05) is 57.4 Å². The van der Waals surface area contributed by atoms with Crippen molar-refractivity contribution in [3.05, 3.63) is 35.4 Å². The fourth-order valence-electron chi connectivity index (χ4n) is 3.71. The minimum atomic E-state index is 0.248. The molecule has 0 aliphatic heterocycles. The van der Waals surface area contributed by atoms with Crippen LogP contribution in [0.15, 0.2) is 24.3 Å². The molecule has 2 nitrogen and oxygen atoms in total. The fraction of sp³-hybridized carbons (Fsp3) is 0.684. The Morgan fingerprint density at radius 1 is 1.00 bits per heavy atom. The molecule has 2 rings (SSSR count). The van der Waals surface area contributed by atoms with E-state index in [9.17, 15) is 0 Å². The first kappa shape index (κ1) is 16.5. The van der Waals surface area contributed by atoms with E-state index in [2.05, 4.69) is 43.0 Å². The lowest BCUT2D eigenvalue weighted by Crippen LogP contribution is -2.54. The van der Waals surface area contributed by atoms with Crippen LogP contribution in [-0.4, -0.2) is 23.5 Å². The first-order valence-electron chi connectivity index (χ1n) is 8.77. The summed E-state index contributed by atoms with van der Waals surface area (Å²) in [7, 11) is 0. The molecule has 0 radical (unpaired) electrons. The Morgan fingerprint density at radius 3 is 2.14 bits per heavy atom. The number of nitrogens with two attached hydrogens (primary N) is 1. The second-order valence-corrected chi connectivity index (χ2v) is 6.58. The summed E-state index contributed by atoms with van der Waals surface area (Å²) in [5.41, 5.74) is 9.33. The number of hydrogen-bond acceptors (Lipinski definition) is 2. The van der Waals surface area contributed by atoms with Crippen LogP contribution >= 0.6 is 0 Å². The zero-order valence-corrected chi connectivity index (χ0v) is 13.9. The number of rotatable bonds is 7. The molecule has 0 saturated heterocycles. The van der Waals surface area contributed by atoms with Crippen molar-refractivity contribution < 1.29 is 0 Å². The highest BCUT2D eigenvalue weighted by Crippen LogP contribution is 2.34. The molecule has 0 unspecified atom stereocenters. The zero-order valence-electron chi connectivity index (χ0n) is 13.9. The van der Waals surface area contributed by atoms with Gasteiger partial charge in [0.15, 0.2) is 0 Å². The van der Waals surface area contributed by atoms with Crippen LogP contribution in [0.25, 0.3) is 0 Å². The second-order valence-electron chi connectivity index (χ2n) is 6.58. The third kappa shape index (κ3) is 4.08. The Hall–Kier alpha value is -0.860. The van der Waals surface area contributed by atoms with E-state index < -0.39 is 0 Å². The van der Waals surface area contributed by atoms with Gasteiger partial charge in [0.25, 0.3) is 0 Å². The Kier molecular flexibility index (Phi) is 6.25. The van der Waals surface area contributed by atoms with Crippen LogP contribution in [0.2, 0.25) is 0 Å². The average Bonchev–Trinajstić information content (AvgIpc) is 2.56. The van der Waals surface area contributed by atoms with Crippen LogP contribution in [0.1, 0.15) is 63.5 Å². The predicted molar refractivity (Wildman–Crippen MR) is 91.4 cm³/mol. The van der Waals surface area contributed by atoms with E-state index in [1.165, 1.54) is 49.7 Å². The minimum absolute atomic E-state index is 0.248. The molecule has 118 valence electrons. The van der Waals surface area contributed by atoms with E-state index in [1.807, 2.05) is 0 Å². The van der Waals surface area contributed by atoms with Gasteiger partial charge in [0.2, 0.25) is 0 Å². The zero-order chi connectivity index (χ0) is 15.1. The fourth-order valence-corrected chi connectivity index (χ4v) is 3.71. The molecule has 1 aromatic rings. The summed E-state index contributed by atoms with van der Waals surface area (Å²) in [5, 5.41) is 0. The molecular weight excluding hydrogens is 256 g/mol. The number of nitrogens with zero attached hydrogens (tertiary/aromatic N) is 1. The molecule has 0 atom stereocenters. The average molecular weight is 288 g/mol. The topological polar surface area (TPSA) is 29.3 Å². The first-order valence-corrected chi connectivity index (χ1v) is 8.77. The van der Waals surface area contributed by atoms with Crippen molar-refractivity contribution >= 4 is 0 Å². The molecule has 2 heteroatoms. The third-order valence-corrected chi connectivity index (χ3v) is 5.13. The van der Waals surface area contributed by atoms with Crippen LogP contribution in [0.3, 0.4) is 0 Å². The molecule has 1 fully saturated rings. The maximum absolute atomic E-state index is 6.23. The summed E-state index contributed by atoms with van der Waals surface area (Å²) in [4.78, 5) is 2.67. The van der Waals surface area contributed by atoms with Gasteiger partial charge in [0, 0.05) is 18.6 Å². The lowest BCUT2D eigenvalue weighted by Gasteiger charge is -2.46.